The van der Waals surface area contributed by atoms with Crippen molar-refractivity contribution >= 4 is 11.6 Å². The first-order valence-electron chi connectivity index (χ1n) is 10.8. The summed E-state index contributed by atoms with van der Waals surface area (Å²) in [5.74, 6) is -0.323. The number of hydrogen-bond acceptors (Lipinski definition) is 4. The fourth-order valence-electron chi connectivity index (χ4n) is 4.23. The third-order valence-electron chi connectivity index (χ3n) is 5.89. The summed E-state index contributed by atoms with van der Waals surface area (Å²) in [6, 6.07) is 13.1. The first-order chi connectivity index (χ1) is 14.0. The third kappa shape index (κ3) is 5.90. The highest BCUT2D eigenvalue weighted by Gasteiger charge is 2.29. The average Bonchev–Trinajstić information content (AvgIpc) is 2.64. The molecule has 31 heavy (non-hydrogen) atoms. The van der Waals surface area contributed by atoms with Crippen LogP contribution < -0.4 is 0 Å². The van der Waals surface area contributed by atoms with E-state index in [9.17, 15) is 19.8 Å². The minimum Gasteiger partial charge on any atom is -0.382 e. The van der Waals surface area contributed by atoms with E-state index in [0.717, 1.165) is 17.5 Å². The third-order valence-corrected chi connectivity index (χ3v) is 5.89. The number of carbonyl (C=O) groups is 2. The molecule has 0 bridgehead atoms. The van der Waals surface area contributed by atoms with Crippen LogP contribution in [0.1, 0.15) is 98.2 Å². The van der Waals surface area contributed by atoms with Crippen molar-refractivity contribution in [2.24, 2.45) is 0 Å². The van der Waals surface area contributed by atoms with E-state index in [1.165, 1.54) is 33.3 Å². The second kappa shape index (κ2) is 8.68. The molecule has 0 aromatic heterocycles. The summed E-state index contributed by atoms with van der Waals surface area (Å²) in [6.07, 6.45) is 0.880. The van der Waals surface area contributed by atoms with Crippen LogP contribution in [-0.4, -0.2) is 33.0 Å². The molecule has 2 rings (SSSR count). The fraction of sp³-hybridized carbons (Fsp3) is 0.481. The lowest BCUT2D eigenvalue weighted by Crippen LogP contribution is -2.31. The van der Waals surface area contributed by atoms with Gasteiger partial charge in [-0.25, -0.2) is 0 Å². The quantitative estimate of drug-likeness (QED) is 0.559. The molecule has 2 N–H and O–H groups in total. The average molecular weight is 425 g/mol. The molecule has 0 heterocycles. The predicted octanol–water partition coefficient (Wildman–Crippen LogP) is 5.37. The molecule has 1 atom stereocenters. The zero-order valence-electron chi connectivity index (χ0n) is 20.0. The summed E-state index contributed by atoms with van der Waals surface area (Å²) < 4.78 is 0. The van der Waals surface area contributed by atoms with E-state index in [4.69, 9.17) is 0 Å². The Morgan fingerprint density at radius 1 is 0.806 bits per heavy atom. The fourth-order valence-corrected chi connectivity index (χ4v) is 4.23. The maximum Gasteiger partial charge on any atom is 0.193 e. The molecule has 4 nitrogen and oxygen atoms in total. The molecule has 2 aromatic carbocycles. The van der Waals surface area contributed by atoms with Crippen molar-refractivity contribution in [3.05, 3.63) is 70.3 Å². The summed E-state index contributed by atoms with van der Waals surface area (Å²) in [4.78, 5) is 24.6. The zero-order chi connectivity index (χ0) is 23.8. The molecule has 0 aliphatic heterocycles. The smallest absolute Gasteiger partial charge is 0.193 e. The lowest BCUT2D eigenvalue weighted by atomic mass is 9.74. The van der Waals surface area contributed by atoms with Gasteiger partial charge in [0.25, 0.3) is 0 Å². The monoisotopic (exact) mass is 424 g/mol. The summed E-state index contributed by atoms with van der Waals surface area (Å²) in [5.41, 5.74) is 1.44. The molecule has 2 aromatic rings. The largest absolute Gasteiger partial charge is 0.382 e. The number of aryl methyl sites for hydroxylation is 1. The van der Waals surface area contributed by atoms with Crippen molar-refractivity contribution in [1.82, 2.24) is 0 Å². The van der Waals surface area contributed by atoms with Crippen LogP contribution in [0.5, 0.6) is 0 Å². The van der Waals surface area contributed by atoms with Gasteiger partial charge in [-0.1, -0.05) is 57.2 Å². The van der Waals surface area contributed by atoms with Crippen molar-refractivity contribution in [2.75, 3.05) is 0 Å². The lowest BCUT2D eigenvalue weighted by Gasteiger charge is -2.31. The van der Waals surface area contributed by atoms with Gasteiger partial charge in [-0.05, 0) is 75.1 Å². The van der Waals surface area contributed by atoms with Crippen molar-refractivity contribution in [3.8, 4) is 0 Å². The number of carbonyl (C=O) groups excluding carboxylic acids is 2. The first-order valence-corrected chi connectivity index (χ1v) is 10.8. The molecule has 0 aliphatic rings. The maximum atomic E-state index is 12.4. The standard InChI is InChI=1S/C27H36O4/c1-17-15-21(24(29)27(7,8)31)13-14-22(17)25(3,4)16-18(2)19-9-11-20(12-10-19)23(28)26(5,6)30/h9-15,18,30-31H,16H2,1-8H3. The van der Waals surface area contributed by atoms with Gasteiger partial charge in [0.05, 0.1) is 0 Å². The molecule has 0 fully saturated rings. The Bertz CT molecular complexity index is 954. The van der Waals surface area contributed by atoms with Crippen LogP contribution in [0.3, 0.4) is 0 Å². The Hall–Kier alpha value is -2.30. The summed E-state index contributed by atoms with van der Waals surface area (Å²) >= 11 is 0. The van der Waals surface area contributed by atoms with Crippen LogP contribution >= 0.6 is 0 Å². The number of hydrogen-bond donors (Lipinski definition) is 2. The van der Waals surface area contributed by atoms with Crippen LogP contribution in [-0.2, 0) is 5.41 Å². The van der Waals surface area contributed by atoms with E-state index < -0.39 is 11.2 Å². The minimum atomic E-state index is -1.39. The van der Waals surface area contributed by atoms with Crippen LogP contribution in [0.2, 0.25) is 0 Å². The highest BCUT2D eigenvalue weighted by atomic mass is 16.3. The van der Waals surface area contributed by atoms with Crippen molar-refractivity contribution in [3.63, 3.8) is 0 Å². The molecule has 168 valence electrons. The summed E-state index contributed by atoms with van der Waals surface area (Å²) in [6.45, 7) is 14.5. The molecule has 0 aliphatic carbocycles. The van der Waals surface area contributed by atoms with E-state index in [1.807, 2.05) is 31.2 Å². The summed E-state index contributed by atoms with van der Waals surface area (Å²) in [5, 5.41) is 20.0. The molecule has 0 spiro atoms. The lowest BCUT2D eigenvalue weighted by molar-refractivity contribution is 0.0487. The van der Waals surface area contributed by atoms with Crippen LogP contribution in [0.25, 0.3) is 0 Å². The summed E-state index contributed by atoms with van der Waals surface area (Å²) in [7, 11) is 0. The second-order valence-electron chi connectivity index (χ2n) is 10.4. The van der Waals surface area contributed by atoms with Crippen molar-refractivity contribution < 1.29 is 19.8 Å². The number of benzene rings is 2. The van der Waals surface area contributed by atoms with E-state index in [-0.39, 0.29) is 22.9 Å². The van der Waals surface area contributed by atoms with E-state index in [2.05, 4.69) is 20.8 Å². The Labute approximate surface area is 186 Å². The number of aliphatic hydroxyl groups is 2. The second-order valence-corrected chi connectivity index (χ2v) is 10.4. The van der Waals surface area contributed by atoms with Gasteiger partial charge in [-0.15, -0.1) is 0 Å². The van der Waals surface area contributed by atoms with Gasteiger partial charge in [0, 0.05) is 11.1 Å². The molecule has 4 heteroatoms. The van der Waals surface area contributed by atoms with E-state index >= 15 is 0 Å². The number of rotatable bonds is 8. The van der Waals surface area contributed by atoms with Crippen LogP contribution in [0, 0.1) is 6.92 Å². The predicted molar refractivity (Wildman–Crippen MR) is 125 cm³/mol. The molecule has 0 radical (unpaired) electrons. The normalized spacial score (nSPS) is 13.7. The Kier molecular flexibility index (Phi) is 6.99. The molecular weight excluding hydrogens is 388 g/mol. The molecular formula is C27H36O4. The zero-order valence-corrected chi connectivity index (χ0v) is 20.0. The molecule has 0 saturated carbocycles. The van der Waals surface area contributed by atoms with Crippen LogP contribution in [0.4, 0.5) is 0 Å². The Balaban J connectivity index is 2.22. The van der Waals surface area contributed by atoms with Gasteiger partial charge in [0.15, 0.2) is 11.6 Å². The van der Waals surface area contributed by atoms with Crippen molar-refractivity contribution in [1.29, 1.82) is 0 Å². The molecule has 1 unspecified atom stereocenters. The van der Waals surface area contributed by atoms with Gasteiger partial charge in [-0.2, -0.15) is 0 Å². The number of ketones is 2. The van der Waals surface area contributed by atoms with Crippen molar-refractivity contribution in [2.45, 2.75) is 84.3 Å². The minimum absolute atomic E-state index is 0.138. The Morgan fingerprint density at radius 3 is 1.71 bits per heavy atom. The van der Waals surface area contributed by atoms with Crippen LogP contribution in [0.15, 0.2) is 42.5 Å². The van der Waals surface area contributed by atoms with E-state index in [0.29, 0.717) is 11.1 Å². The molecule has 0 saturated heterocycles. The van der Waals surface area contributed by atoms with Gasteiger partial charge in [0.2, 0.25) is 0 Å². The highest BCUT2D eigenvalue weighted by Crippen LogP contribution is 2.37. The topological polar surface area (TPSA) is 74.6 Å². The number of Topliss-reactive ketones (excluding diaryl/α,β-unsaturated/α-hetero) is 2. The SMILES string of the molecule is Cc1cc(C(=O)C(C)(C)O)ccc1C(C)(C)CC(C)c1ccc(C(=O)C(C)(C)O)cc1. The molecule has 0 amide bonds. The maximum absolute atomic E-state index is 12.4. The van der Waals surface area contributed by atoms with Gasteiger partial charge in [0.1, 0.15) is 11.2 Å². The van der Waals surface area contributed by atoms with Gasteiger partial charge in [-0.3, -0.25) is 9.59 Å². The Morgan fingerprint density at radius 2 is 1.26 bits per heavy atom. The highest BCUT2D eigenvalue weighted by molar-refractivity contribution is 6.02. The first kappa shape index (κ1) is 25.0. The van der Waals surface area contributed by atoms with Gasteiger partial charge >= 0.3 is 0 Å². The van der Waals surface area contributed by atoms with E-state index in [1.54, 1.807) is 18.2 Å². The van der Waals surface area contributed by atoms with Gasteiger partial charge < -0.3 is 10.2 Å².